The van der Waals surface area contributed by atoms with Crippen molar-refractivity contribution < 1.29 is 14.6 Å². The number of nitrogens with zero attached hydrogens (tertiary/aromatic N) is 2. The van der Waals surface area contributed by atoms with Crippen LogP contribution < -0.4 is 10.3 Å². The van der Waals surface area contributed by atoms with Gasteiger partial charge < -0.3 is 19.7 Å². The summed E-state index contributed by atoms with van der Waals surface area (Å²) in [6.45, 7) is 0.0202. The molecule has 0 atom stereocenters. The van der Waals surface area contributed by atoms with E-state index in [2.05, 4.69) is 9.97 Å². The standard InChI is InChI=1S/C28H27N3O4/c1-31(16-17-32)28(34)25-26(35-19-20-10-4-2-5-11-20)27(33)30-24(29-25)18-22-14-8-9-15-23(22)21-12-6-3-7-13-21/h2-15,32H,16-19H2,1H3,(H,29,30,33). The van der Waals surface area contributed by atoms with Crippen molar-refractivity contribution in [3.63, 3.8) is 0 Å². The summed E-state index contributed by atoms with van der Waals surface area (Å²) >= 11 is 0. The van der Waals surface area contributed by atoms with Crippen LogP contribution in [0.3, 0.4) is 0 Å². The number of likely N-dealkylation sites (N-methyl/N-ethyl adjacent to an activating group) is 1. The molecule has 35 heavy (non-hydrogen) atoms. The number of hydrogen-bond acceptors (Lipinski definition) is 5. The molecule has 3 aromatic carbocycles. The first-order valence-corrected chi connectivity index (χ1v) is 11.4. The maximum absolute atomic E-state index is 13.1. The van der Waals surface area contributed by atoms with Crippen LogP contribution in [-0.4, -0.2) is 46.1 Å². The van der Waals surface area contributed by atoms with Crippen molar-refractivity contribution in [2.24, 2.45) is 0 Å². The summed E-state index contributed by atoms with van der Waals surface area (Å²) in [5.41, 5.74) is 3.28. The number of carbonyl (C=O) groups is 1. The second-order valence-corrected chi connectivity index (χ2v) is 8.11. The van der Waals surface area contributed by atoms with Crippen molar-refractivity contribution >= 4 is 5.91 Å². The molecule has 2 N–H and O–H groups in total. The van der Waals surface area contributed by atoms with E-state index in [1.54, 1.807) is 7.05 Å². The van der Waals surface area contributed by atoms with Gasteiger partial charge in [-0.15, -0.1) is 0 Å². The van der Waals surface area contributed by atoms with E-state index in [1.165, 1.54) is 4.90 Å². The van der Waals surface area contributed by atoms with Gasteiger partial charge in [-0.1, -0.05) is 84.9 Å². The number of aromatic amines is 1. The van der Waals surface area contributed by atoms with Crippen LogP contribution >= 0.6 is 0 Å². The molecule has 0 aliphatic heterocycles. The summed E-state index contributed by atoms with van der Waals surface area (Å²) in [4.78, 5) is 34.8. The van der Waals surface area contributed by atoms with E-state index in [-0.39, 0.29) is 31.2 Å². The topological polar surface area (TPSA) is 95.5 Å². The number of rotatable bonds is 9. The van der Waals surface area contributed by atoms with Gasteiger partial charge in [0.05, 0.1) is 6.61 Å². The quantitative estimate of drug-likeness (QED) is 0.390. The van der Waals surface area contributed by atoms with E-state index >= 15 is 0 Å². The molecule has 1 heterocycles. The average Bonchev–Trinajstić information content (AvgIpc) is 2.89. The molecule has 0 fully saturated rings. The van der Waals surface area contributed by atoms with Gasteiger partial charge in [0, 0.05) is 20.0 Å². The molecule has 7 nitrogen and oxygen atoms in total. The lowest BCUT2D eigenvalue weighted by Crippen LogP contribution is -2.32. The summed E-state index contributed by atoms with van der Waals surface area (Å²) in [6.07, 6.45) is 0.323. The highest BCUT2D eigenvalue weighted by molar-refractivity contribution is 5.94. The lowest BCUT2D eigenvalue weighted by Gasteiger charge is -2.18. The molecular formula is C28H27N3O4. The van der Waals surface area contributed by atoms with Crippen LogP contribution in [0.2, 0.25) is 0 Å². The third-order valence-corrected chi connectivity index (χ3v) is 5.60. The van der Waals surface area contributed by atoms with Crippen LogP contribution in [0.15, 0.2) is 89.7 Å². The molecule has 4 rings (SSSR count). The minimum Gasteiger partial charge on any atom is -0.481 e. The fourth-order valence-corrected chi connectivity index (χ4v) is 3.79. The number of benzene rings is 3. The van der Waals surface area contributed by atoms with Crippen molar-refractivity contribution in [3.05, 3.63) is 118 Å². The zero-order chi connectivity index (χ0) is 24.6. The van der Waals surface area contributed by atoms with E-state index in [0.717, 1.165) is 22.3 Å². The van der Waals surface area contributed by atoms with E-state index < -0.39 is 11.5 Å². The smallest absolute Gasteiger partial charge is 0.294 e. The van der Waals surface area contributed by atoms with Crippen molar-refractivity contribution in [1.29, 1.82) is 0 Å². The molecule has 4 aromatic rings. The number of aliphatic hydroxyl groups is 1. The molecule has 0 bridgehead atoms. The van der Waals surface area contributed by atoms with Crippen LogP contribution in [0, 0.1) is 0 Å². The summed E-state index contributed by atoms with van der Waals surface area (Å²) in [5.74, 6) is -0.277. The Morgan fingerprint density at radius 3 is 2.34 bits per heavy atom. The third-order valence-electron chi connectivity index (χ3n) is 5.60. The number of aromatic nitrogens is 2. The largest absolute Gasteiger partial charge is 0.481 e. The van der Waals surface area contributed by atoms with Gasteiger partial charge in [0.2, 0.25) is 5.75 Å². The minimum absolute atomic E-state index is 0.0761. The van der Waals surface area contributed by atoms with E-state index in [9.17, 15) is 14.7 Å². The molecule has 0 aliphatic carbocycles. The van der Waals surface area contributed by atoms with Gasteiger partial charge in [0.1, 0.15) is 12.4 Å². The Balaban J connectivity index is 1.70. The number of carbonyl (C=O) groups excluding carboxylic acids is 1. The molecule has 1 amide bonds. The summed E-state index contributed by atoms with van der Waals surface area (Å²) in [6, 6.07) is 27.2. The summed E-state index contributed by atoms with van der Waals surface area (Å²) < 4.78 is 5.79. The maximum Gasteiger partial charge on any atom is 0.294 e. The van der Waals surface area contributed by atoms with Gasteiger partial charge in [-0.2, -0.15) is 0 Å². The summed E-state index contributed by atoms with van der Waals surface area (Å²) in [5, 5.41) is 9.28. The molecule has 0 unspecified atom stereocenters. The Morgan fingerprint density at radius 1 is 0.971 bits per heavy atom. The number of aliphatic hydroxyl groups excluding tert-OH is 1. The van der Waals surface area contributed by atoms with E-state index in [0.29, 0.717) is 12.2 Å². The summed E-state index contributed by atoms with van der Waals surface area (Å²) in [7, 11) is 1.55. The molecule has 0 saturated heterocycles. The van der Waals surface area contributed by atoms with Crippen molar-refractivity contribution in [3.8, 4) is 16.9 Å². The fourth-order valence-electron chi connectivity index (χ4n) is 3.79. The Morgan fingerprint density at radius 2 is 1.63 bits per heavy atom. The number of nitrogens with one attached hydrogen (secondary N) is 1. The molecule has 0 aliphatic rings. The predicted octanol–water partition coefficient (Wildman–Crippen LogP) is 3.67. The molecule has 1 aromatic heterocycles. The minimum atomic E-state index is -0.524. The Bertz CT molecular complexity index is 1340. The second-order valence-electron chi connectivity index (χ2n) is 8.11. The van der Waals surface area contributed by atoms with Gasteiger partial charge in [0.15, 0.2) is 5.69 Å². The number of amides is 1. The molecule has 7 heteroatoms. The van der Waals surface area contributed by atoms with Crippen molar-refractivity contribution in [2.75, 3.05) is 20.2 Å². The molecule has 0 radical (unpaired) electrons. The van der Waals surface area contributed by atoms with Crippen LogP contribution in [-0.2, 0) is 13.0 Å². The lowest BCUT2D eigenvalue weighted by atomic mass is 9.97. The van der Waals surface area contributed by atoms with Crippen LogP contribution in [0.1, 0.15) is 27.4 Å². The van der Waals surface area contributed by atoms with Gasteiger partial charge in [-0.05, 0) is 22.3 Å². The molecule has 178 valence electrons. The predicted molar refractivity (Wildman–Crippen MR) is 134 cm³/mol. The highest BCUT2D eigenvalue weighted by Gasteiger charge is 2.23. The second kappa shape index (κ2) is 11.3. The van der Waals surface area contributed by atoms with Crippen LogP contribution in [0.5, 0.6) is 5.75 Å². The number of ether oxygens (including phenoxy) is 1. The van der Waals surface area contributed by atoms with E-state index in [1.807, 2.05) is 84.9 Å². The van der Waals surface area contributed by atoms with Gasteiger partial charge in [0.25, 0.3) is 11.5 Å². The zero-order valence-corrected chi connectivity index (χ0v) is 19.5. The third kappa shape index (κ3) is 5.83. The monoisotopic (exact) mass is 469 g/mol. The Hall–Kier alpha value is -4.23. The normalized spacial score (nSPS) is 10.7. The first kappa shape index (κ1) is 23.9. The SMILES string of the molecule is CN(CCO)C(=O)c1nc(Cc2ccccc2-c2ccccc2)[nH]c(=O)c1OCc1ccccc1. The lowest BCUT2D eigenvalue weighted by molar-refractivity contribution is 0.0754. The Labute approximate surface area is 203 Å². The molecule has 0 saturated carbocycles. The van der Waals surface area contributed by atoms with Gasteiger partial charge >= 0.3 is 0 Å². The zero-order valence-electron chi connectivity index (χ0n) is 19.5. The fraction of sp³-hybridized carbons (Fsp3) is 0.179. The Kier molecular flexibility index (Phi) is 7.70. The number of hydrogen-bond donors (Lipinski definition) is 2. The van der Waals surface area contributed by atoms with Gasteiger partial charge in [-0.25, -0.2) is 4.98 Å². The van der Waals surface area contributed by atoms with Crippen LogP contribution in [0.4, 0.5) is 0 Å². The van der Waals surface area contributed by atoms with Crippen molar-refractivity contribution in [1.82, 2.24) is 14.9 Å². The van der Waals surface area contributed by atoms with Crippen molar-refractivity contribution in [2.45, 2.75) is 13.0 Å². The average molecular weight is 470 g/mol. The molecule has 0 spiro atoms. The first-order chi connectivity index (χ1) is 17.1. The van der Waals surface area contributed by atoms with Gasteiger partial charge in [-0.3, -0.25) is 9.59 Å². The number of H-pyrrole nitrogens is 1. The highest BCUT2D eigenvalue weighted by Crippen LogP contribution is 2.25. The molecular weight excluding hydrogens is 442 g/mol. The van der Waals surface area contributed by atoms with Crippen LogP contribution in [0.25, 0.3) is 11.1 Å². The first-order valence-electron chi connectivity index (χ1n) is 11.4. The van der Waals surface area contributed by atoms with E-state index in [4.69, 9.17) is 4.74 Å². The maximum atomic E-state index is 13.1. The highest BCUT2D eigenvalue weighted by atomic mass is 16.5.